The van der Waals surface area contributed by atoms with Crippen LogP contribution in [0.15, 0.2) is 54.6 Å². The molecule has 0 saturated heterocycles. The summed E-state index contributed by atoms with van der Waals surface area (Å²) >= 11 is 0.985. The molecule has 0 unspecified atom stereocenters. The van der Waals surface area contributed by atoms with Crippen LogP contribution in [0.5, 0.6) is 5.06 Å². The molecule has 3 aromatic rings. The van der Waals surface area contributed by atoms with Gasteiger partial charge in [0.05, 0.1) is 10.6 Å². The van der Waals surface area contributed by atoms with Crippen LogP contribution in [0.3, 0.4) is 0 Å². The van der Waals surface area contributed by atoms with Crippen molar-refractivity contribution in [1.82, 2.24) is 0 Å². The molecule has 29 heavy (non-hydrogen) atoms. The predicted molar refractivity (Wildman–Crippen MR) is 109 cm³/mol. The van der Waals surface area contributed by atoms with Crippen LogP contribution >= 0.6 is 11.3 Å². The Hall–Kier alpha value is -3.72. The number of hydrogen-bond acceptors (Lipinski definition) is 6. The van der Waals surface area contributed by atoms with Gasteiger partial charge in [0.2, 0.25) is 5.06 Å². The van der Waals surface area contributed by atoms with E-state index in [1.165, 1.54) is 30.1 Å². The third kappa shape index (κ3) is 4.41. The molecule has 0 atom stereocenters. The number of carbonyl (C=O) groups excluding carboxylic acids is 1. The van der Waals surface area contributed by atoms with E-state index in [1.54, 1.807) is 36.4 Å². The highest BCUT2D eigenvalue weighted by atomic mass is 32.1. The van der Waals surface area contributed by atoms with Gasteiger partial charge in [0, 0.05) is 29.6 Å². The van der Waals surface area contributed by atoms with Gasteiger partial charge >= 0.3 is 6.16 Å². The Kier molecular flexibility index (Phi) is 5.60. The van der Waals surface area contributed by atoms with Gasteiger partial charge in [-0.05, 0) is 30.7 Å². The molecular formula is C20H16N2O6S. The van der Waals surface area contributed by atoms with Gasteiger partial charge in [-0.25, -0.2) is 4.79 Å². The van der Waals surface area contributed by atoms with E-state index in [9.17, 15) is 19.7 Å². The highest BCUT2D eigenvalue weighted by molar-refractivity contribution is 7.18. The SMILES string of the molecule is Cc1ccc(C(=O)N(C)c2cc(-c3cccc([N+](=O)[O-])c3)sc2OC(=O)O)cc1. The lowest BCUT2D eigenvalue weighted by Gasteiger charge is -2.17. The van der Waals surface area contributed by atoms with Crippen molar-refractivity contribution >= 4 is 34.8 Å². The van der Waals surface area contributed by atoms with E-state index in [4.69, 9.17) is 9.84 Å². The van der Waals surface area contributed by atoms with Crippen LogP contribution in [-0.4, -0.2) is 29.1 Å². The zero-order valence-corrected chi connectivity index (χ0v) is 16.3. The summed E-state index contributed by atoms with van der Waals surface area (Å²) in [6, 6.07) is 14.5. The first-order chi connectivity index (χ1) is 13.8. The Morgan fingerprint density at radius 3 is 2.45 bits per heavy atom. The number of benzene rings is 2. The van der Waals surface area contributed by atoms with Crippen LogP contribution in [0.2, 0.25) is 0 Å². The van der Waals surface area contributed by atoms with E-state index in [0.717, 1.165) is 16.9 Å². The molecule has 2 aromatic carbocycles. The zero-order valence-electron chi connectivity index (χ0n) is 15.5. The number of anilines is 1. The minimum absolute atomic E-state index is 0.00182. The van der Waals surface area contributed by atoms with E-state index < -0.39 is 11.1 Å². The van der Waals surface area contributed by atoms with Crippen molar-refractivity contribution < 1.29 is 24.4 Å². The molecule has 1 aromatic heterocycles. The molecule has 0 radical (unpaired) electrons. The minimum Gasteiger partial charge on any atom is -0.449 e. The van der Waals surface area contributed by atoms with E-state index in [1.807, 2.05) is 6.92 Å². The summed E-state index contributed by atoms with van der Waals surface area (Å²) in [7, 11) is 1.51. The summed E-state index contributed by atoms with van der Waals surface area (Å²) in [6.07, 6.45) is -1.52. The number of thiophene rings is 1. The van der Waals surface area contributed by atoms with E-state index >= 15 is 0 Å². The summed E-state index contributed by atoms with van der Waals surface area (Å²) < 4.78 is 4.86. The number of carboxylic acid groups (broad SMARTS) is 1. The second-order valence-corrected chi connectivity index (χ2v) is 7.20. The largest absolute Gasteiger partial charge is 0.512 e. The molecular weight excluding hydrogens is 396 g/mol. The van der Waals surface area contributed by atoms with Crippen molar-refractivity contribution in [3.8, 4) is 15.5 Å². The van der Waals surface area contributed by atoms with Gasteiger partial charge in [-0.1, -0.05) is 41.2 Å². The fraction of sp³-hybridized carbons (Fsp3) is 0.100. The maximum atomic E-state index is 12.8. The van der Waals surface area contributed by atoms with Gasteiger partial charge in [0.25, 0.3) is 11.6 Å². The molecule has 0 saturated carbocycles. The van der Waals surface area contributed by atoms with Crippen molar-refractivity contribution in [3.05, 3.63) is 75.8 Å². The zero-order chi connectivity index (χ0) is 21.1. The Labute approximate surface area is 169 Å². The molecule has 0 bridgehead atoms. The van der Waals surface area contributed by atoms with Gasteiger partial charge < -0.3 is 14.7 Å². The normalized spacial score (nSPS) is 10.4. The summed E-state index contributed by atoms with van der Waals surface area (Å²) in [5.74, 6) is -0.344. The third-order valence-corrected chi connectivity index (χ3v) is 5.22. The molecule has 0 aliphatic heterocycles. The summed E-state index contributed by atoms with van der Waals surface area (Å²) in [5.41, 5.74) is 2.11. The summed E-state index contributed by atoms with van der Waals surface area (Å²) in [4.78, 5) is 36.3. The average molecular weight is 412 g/mol. The smallest absolute Gasteiger partial charge is 0.449 e. The lowest BCUT2D eigenvalue weighted by Crippen LogP contribution is -2.26. The first-order valence-corrected chi connectivity index (χ1v) is 9.22. The van der Waals surface area contributed by atoms with Gasteiger partial charge in [-0.15, -0.1) is 0 Å². The van der Waals surface area contributed by atoms with Crippen molar-refractivity contribution in [3.63, 3.8) is 0 Å². The Morgan fingerprint density at radius 1 is 1.14 bits per heavy atom. The van der Waals surface area contributed by atoms with Crippen LogP contribution in [0, 0.1) is 17.0 Å². The van der Waals surface area contributed by atoms with E-state index in [2.05, 4.69) is 0 Å². The highest BCUT2D eigenvalue weighted by Crippen LogP contribution is 2.43. The number of carbonyl (C=O) groups is 2. The van der Waals surface area contributed by atoms with E-state index in [0.29, 0.717) is 16.0 Å². The second kappa shape index (κ2) is 8.11. The number of nitro benzene ring substituents is 1. The molecule has 3 rings (SSSR count). The number of non-ortho nitro benzene ring substituents is 1. The third-order valence-electron chi connectivity index (χ3n) is 4.17. The monoisotopic (exact) mass is 412 g/mol. The summed E-state index contributed by atoms with van der Waals surface area (Å²) in [5, 5.41) is 20.1. The molecule has 1 N–H and O–H groups in total. The van der Waals surface area contributed by atoms with Gasteiger partial charge in [0.15, 0.2) is 0 Å². The first-order valence-electron chi connectivity index (χ1n) is 8.40. The van der Waals surface area contributed by atoms with Gasteiger partial charge in [-0.3, -0.25) is 14.9 Å². The van der Waals surface area contributed by atoms with Crippen LogP contribution in [-0.2, 0) is 0 Å². The molecule has 1 heterocycles. The lowest BCUT2D eigenvalue weighted by molar-refractivity contribution is -0.384. The van der Waals surface area contributed by atoms with Crippen LogP contribution < -0.4 is 9.64 Å². The molecule has 0 spiro atoms. The van der Waals surface area contributed by atoms with Crippen molar-refractivity contribution in [2.24, 2.45) is 0 Å². The topological polar surface area (TPSA) is 110 Å². The number of rotatable bonds is 5. The molecule has 148 valence electrons. The lowest BCUT2D eigenvalue weighted by atomic mass is 10.1. The standard InChI is InChI=1S/C20H16N2O6S/c1-12-6-8-13(9-7-12)18(23)21(2)16-11-17(29-19(16)28-20(24)25)14-4-3-5-15(10-14)22(26)27/h3-11H,1-2H3,(H,24,25). The quantitative estimate of drug-likeness (QED) is 0.360. The fourth-order valence-electron chi connectivity index (χ4n) is 2.67. The van der Waals surface area contributed by atoms with Crippen molar-refractivity contribution in [2.45, 2.75) is 6.92 Å². The average Bonchev–Trinajstić information content (AvgIpc) is 3.10. The number of hydrogen-bond donors (Lipinski definition) is 1. The Bertz CT molecular complexity index is 1090. The summed E-state index contributed by atoms with van der Waals surface area (Å²) in [6.45, 7) is 1.90. The highest BCUT2D eigenvalue weighted by Gasteiger charge is 2.23. The van der Waals surface area contributed by atoms with Gasteiger partial charge in [-0.2, -0.15) is 0 Å². The van der Waals surface area contributed by atoms with Gasteiger partial charge in [0.1, 0.15) is 0 Å². The number of aryl methyl sites for hydroxylation is 1. The number of nitrogens with zero attached hydrogens (tertiary/aromatic N) is 2. The Morgan fingerprint density at radius 2 is 1.83 bits per heavy atom. The second-order valence-electron chi connectivity index (χ2n) is 6.19. The number of amides is 1. The predicted octanol–water partition coefficient (Wildman–Crippen LogP) is 4.97. The Balaban J connectivity index is 2.02. The van der Waals surface area contributed by atoms with Crippen LogP contribution in [0.25, 0.3) is 10.4 Å². The van der Waals surface area contributed by atoms with Crippen molar-refractivity contribution in [1.29, 1.82) is 0 Å². The number of ether oxygens (including phenoxy) is 1. The molecule has 0 aliphatic carbocycles. The first kappa shape index (κ1) is 20.0. The molecule has 0 fully saturated rings. The van der Waals surface area contributed by atoms with Crippen molar-refractivity contribution in [2.75, 3.05) is 11.9 Å². The van der Waals surface area contributed by atoms with Crippen LogP contribution in [0.1, 0.15) is 15.9 Å². The molecule has 8 nitrogen and oxygen atoms in total. The maximum Gasteiger partial charge on any atom is 0.512 e. The number of nitro groups is 1. The van der Waals surface area contributed by atoms with E-state index in [-0.39, 0.29) is 22.3 Å². The molecule has 0 aliphatic rings. The minimum atomic E-state index is -1.52. The fourth-order valence-corrected chi connectivity index (χ4v) is 3.69. The molecule has 9 heteroatoms. The maximum absolute atomic E-state index is 12.8. The van der Waals surface area contributed by atoms with Crippen LogP contribution in [0.4, 0.5) is 16.2 Å². The molecule has 1 amide bonds.